The van der Waals surface area contributed by atoms with Gasteiger partial charge in [-0.3, -0.25) is 15.0 Å². The Morgan fingerprint density at radius 2 is 1.67 bits per heavy atom. The first-order chi connectivity index (χ1) is 18.9. The molecular weight excluding hydrogens is 496 g/mol. The lowest BCUT2D eigenvalue weighted by molar-refractivity contribution is -0.125. The van der Waals surface area contributed by atoms with Gasteiger partial charge in [0.25, 0.3) is 0 Å². The van der Waals surface area contributed by atoms with Crippen LogP contribution in [0.1, 0.15) is 47.7 Å². The highest BCUT2D eigenvalue weighted by molar-refractivity contribution is 5.92. The molecule has 0 unspecified atom stereocenters. The van der Waals surface area contributed by atoms with E-state index in [1.165, 1.54) is 18.8 Å². The highest BCUT2D eigenvalue weighted by Gasteiger charge is 2.18. The van der Waals surface area contributed by atoms with Crippen molar-refractivity contribution in [2.45, 2.75) is 39.0 Å². The van der Waals surface area contributed by atoms with E-state index in [9.17, 15) is 19.5 Å². The first-order valence-corrected chi connectivity index (χ1v) is 13.1. The number of hydrazine groups is 1. The number of carbonyl (C=O) groups is 2. The van der Waals surface area contributed by atoms with Gasteiger partial charge < -0.3 is 15.0 Å². The number of amides is 1. The van der Waals surface area contributed by atoms with Crippen LogP contribution in [0.15, 0.2) is 65.7 Å². The molecule has 1 aliphatic heterocycles. The number of rotatable bonds is 8. The van der Waals surface area contributed by atoms with Crippen LogP contribution in [0, 0.1) is 0 Å². The number of pyridine rings is 1. The molecule has 0 aliphatic carbocycles. The summed E-state index contributed by atoms with van der Waals surface area (Å²) in [7, 11) is 0. The van der Waals surface area contributed by atoms with Crippen LogP contribution in [0.4, 0.5) is 11.6 Å². The average molecular weight is 527 g/mol. The van der Waals surface area contributed by atoms with E-state index in [1.807, 2.05) is 53.5 Å². The van der Waals surface area contributed by atoms with Gasteiger partial charge in [-0.25, -0.2) is 14.8 Å². The normalized spacial score (nSPS) is 13.8. The van der Waals surface area contributed by atoms with Crippen LogP contribution >= 0.6 is 0 Å². The number of nitrogens with zero attached hydrogens (tertiary/aromatic N) is 4. The maximum absolute atomic E-state index is 12.8. The monoisotopic (exact) mass is 526 g/mol. The number of benzene rings is 2. The first-order valence-electron chi connectivity index (χ1n) is 13.1. The molecular formula is C29H30N6O4. The molecule has 0 radical (unpaired) electrons. The maximum atomic E-state index is 12.8. The quantitative estimate of drug-likeness (QED) is 0.316. The summed E-state index contributed by atoms with van der Waals surface area (Å²) in [5.41, 5.74) is 5.66. The molecule has 0 saturated carbocycles. The number of carboxylic acid groups (broad SMARTS) is 1. The minimum atomic E-state index is -1.31. The molecule has 39 heavy (non-hydrogen) atoms. The second kappa shape index (κ2) is 11.4. The number of hydrogen-bond acceptors (Lipinski definition) is 7. The summed E-state index contributed by atoms with van der Waals surface area (Å²) in [6, 6.07) is 15.0. The lowest BCUT2D eigenvalue weighted by Crippen LogP contribution is -2.45. The lowest BCUT2D eigenvalue weighted by Gasteiger charge is -2.26. The SMILES string of the molecule is CCc1ccc(-n2cc(C(=O)O)c(=O)c3cnc(Nc4ccc(CC(=O)NN5CCCCC5)cc4)nc32)cc1. The average Bonchev–Trinajstić information content (AvgIpc) is 2.95. The van der Waals surface area contributed by atoms with Crippen LogP contribution in [0.5, 0.6) is 0 Å². The highest BCUT2D eigenvalue weighted by atomic mass is 16.4. The molecule has 200 valence electrons. The third-order valence-corrected chi connectivity index (χ3v) is 6.81. The maximum Gasteiger partial charge on any atom is 0.341 e. The number of aryl methyl sites for hydroxylation is 1. The molecule has 1 aliphatic rings. The summed E-state index contributed by atoms with van der Waals surface area (Å²) >= 11 is 0. The number of carboxylic acids is 1. The van der Waals surface area contributed by atoms with Crippen LogP contribution in [0.25, 0.3) is 16.7 Å². The van der Waals surface area contributed by atoms with Crippen LogP contribution in [0.3, 0.4) is 0 Å². The third kappa shape index (κ3) is 5.96. The molecule has 0 bridgehead atoms. The summed E-state index contributed by atoms with van der Waals surface area (Å²) in [6.45, 7) is 3.82. The smallest absolute Gasteiger partial charge is 0.341 e. The van der Waals surface area contributed by atoms with Gasteiger partial charge in [0, 0.05) is 36.9 Å². The van der Waals surface area contributed by atoms with Gasteiger partial charge in [-0.1, -0.05) is 37.6 Å². The Labute approximate surface area is 225 Å². The molecule has 0 spiro atoms. The number of carbonyl (C=O) groups excluding carboxylic acids is 1. The molecule has 3 N–H and O–H groups in total. The Hall–Kier alpha value is -4.57. The van der Waals surface area contributed by atoms with E-state index >= 15 is 0 Å². The van der Waals surface area contributed by atoms with Gasteiger partial charge in [-0.2, -0.15) is 4.98 Å². The number of piperidine rings is 1. The Kier molecular flexibility index (Phi) is 7.64. The lowest BCUT2D eigenvalue weighted by atomic mass is 10.1. The summed E-state index contributed by atoms with van der Waals surface area (Å²) < 4.78 is 1.59. The van der Waals surface area contributed by atoms with E-state index in [4.69, 9.17) is 0 Å². The van der Waals surface area contributed by atoms with Crippen molar-refractivity contribution < 1.29 is 14.7 Å². The largest absolute Gasteiger partial charge is 0.477 e. The van der Waals surface area contributed by atoms with Gasteiger partial charge in [0.1, 0.15) is 5.56 Å². The molecule has 4 aromatic rings. The van der Waals surface area contributed by atoms with Crippen molar-refractivity contribution in [1.82, 2.24) is 25.0 Å². The van der Waals surface area contributed by atoms with Crippen LogP contribution < -0.4 is 16.2 Å². The van der Waals surface area contributed by atoms with Crippen molar-refractivity contribution in [3.05, 3.63) is 87.8 Å². The summed E-state index contributed by atoms with van der Waals surface area (Å²) in [5, 5.41) is 14.8. The summed E-state index contributed by atoms with van der Waals surface area (Å²) in [4.78, 5) is 45.8. The molecule has 0 atom stereocenters. The molecule has 2 aromatic carbocycles. The van der Waals surface area contributed by atoms with Crippen LogP contribution in [-0.2, 0) is 17.6 Å². The van der Waals surface area contributed by atoms with E-state index in [0.717, 1.165) is 43.5 Å². The van der Waals surface area contributed by atoms with Gasteiger partial charge in [0.05, 0.1) is 11.8 Å². The topological polar surface area (TPSA) is 129 Å². The van der Waals surface area contributed by atoms with E-state index in [-0.39, 0.29) is 34.9 Å². The molecule has 1 amide bonds. The second-order valence-electron chi connectivity index (χ2n) is 9.58. The van der Waals surface area contributed by atoms with E-state index < -0.39 is 11.4 Å². The Morgan fingerprint density at radius 1 is 0.974 bits per heavy atom. The molecule has 1 fully saturated rings. The fraction of sp³-hybridized carbons (Fsp3) is 0.276. The number of fused-ring (bicyclic) bond motifs is 1. The van der Waals surface area contributed by atoms with Crippen molar-refractivity contribution in [2.24, 2.45) is 0 Å². The first kappa shape index (κ1) is 26.1. The second-order valence-corrected chi connectivity index (χ2v) is 9.58. The Morgan fingerprint density at radius 3 is 2.33 bits per heavy atom. The molecule has 3 heterocycles. The van der Waals surface area contributed by atoms with E-state index in [1.54, 1.807) is 4.57 Å². The van der Waals surface area contributed by atoms with Gasteiger partial charge >= 0.3 is 5.97 Å². The van der Waals surface area contributed by atoms with Crippen LogP contribution in [0.2, 0.25) is 0 Å². The molecule has 5 rings (SSSR count). The van der Waals surface area contributed by atoms with E-state index in [0.29, 0.717) is 11.4 Å². The number of hydrogen-bond donors (Lipinski definition) is 3. The molecule has 2 aromatic heterocycles. The minimum Gasteiger partial charge on any atom is -0.477 e. The van der Waals surface area contributed by atoms with Gasteiger partial charge in [0.15, 0.2) is 5.65 Å². The van der Waals surface area contributed by atoms with Gasteiger partial charge in [-0.05, 0) is 54.7 Å². The Balaban J connectivity index is 1.38. The van der Waals surface area contributed by atoms with Crippen molar-refractivity contribution >= 4 is 34.5 Å². The fourth-order valence-electron chi connectivity index (χ4n) is 4.65. The van der Waals surface area contributed by atoms with E-state index in [2.05, 4.69) is 27.6 Å². The van der Waals surface area contributed by atoms with Gasteiger partial charge in [0.2, 0.25) is 17.3 Å². The van der Waals surface area contributed by atoms with Crippen molar-refractivity contribution in [3.63, 3.8) is 0 Å². The Bertz CT molecular complexity index is 1560. The zero-order valence-electron chi connectivity index (χ0n) is 21.7. The van der Waals surface area contributed by atoms with Crippen molar-refractivity contribution in [2.75, 3.05) is 18.4 Å². The molecule has 1 saturated heterocycles. The molecule has 10 heteroatoms. The zero-order chi connectivity index (χ0) is 27.4. The van der Waals surface area contributed by atoms with Crippen molar-refractivity contribution in [3.8, 4) is 5.69 Å². The number of anilines is 2. The predicted octanol–water partition coefficient (Wildman–Crippen LogP) is 3.84. The summed E-state index contributed by atoms with van der Waals surface area (Å²) in [5.74, 6) is -1.10. The minimum absolute atomic E-state index is 0.0406. The zero-order valence-corrected chi connectivity index (χ0v) is 21.7. The van der Waals surface area contributed by atoms with Crippen molar-refractivity contribution in [1.29, 1.82) is 0 Å². The summed E-state index contributed by atoms with van der Waals surface area (Å²) in [6.07, 6.45) is 7.18. The number of aromatic carboxylic acids is 1. The molecule has 10 nitrogen and oxygen atoms in total. The third-order valence-electron chi connectivity index (χ3n) is 6.81. The number of nitrogens with one attached hydrogen (secondary N) is 2. The predicted molar refractivity (Wildman–Crippen MR) is 148 cm³/mol. The fourth-order valence-corrected chi connectivity index (χ4v) is 4.65. The van der Waals surface area contributed by atoms with Crippen LogP contribution in [-0.4, -0.2) is 49.6 Å². The van der Waals surface area contributed by atoms with Gasteiger partial charge in [-0.15, -0.1) is 0 Å². The highest BCUT2D eigenvalue weighted by Crippen LogP contribution is 2.20. The standard InChI is InChI=1S/C29H30N6O4/c1-2-19-8-12-22(13-9-19)35-18-24(28(38)39)26(37)23-17-30-29(32-27(23)35)31-21-10-6-20(7-11-21)16-25(36)33-34-14-4-3-5-15-34/h6-13,17-18H,2-5,14-16H2,1H3,(H,33,36)(H,38,39)(H,30,31,32). The number of aromatic nitrogens is 3.